The van der Waals surface area contributed by atoms with Crippen molar-refractivity contribution in [2.45, 2.75) is 19.5 Å². The first-order chi connectivity index (χ1) is 9.35. The molecule has 19 heavy (non-hydrogen) atoms. The molecule has 0 aliphatic heterocycles. The molecule has 1 heterocycles. The third kappa shape index (κ3) is 3.60. The van der Waals surface area contributed by atoms with Crippen molar-refractivity contribution >= 4 is 10.9 Å². The number of aromatic nitrogens is 1. The molecule has 3 nitrogen and oxygen atoms in total. The van der Waals surface area contributed by atoms with E-state index in [4.69, 9.17) is 11.2 Å². The molecule has 1 N–H and O–H groups in total. The second kappa shape index (κ2) is 6.98. The lowest BCUT2D eigenvalue weighted by atomic mass is 10.1. The number of methoxy groups -OCH3 is 1. The molecule has 0 saturated heterocycles. The third-order valence-electron chi connectivity index (χ3n) is 3.14. The summed E-state index contributed by atoms with van der Waals surface area (Å²) < 4.78 is 7.21. The molecule has 0 radical (unpaired) electrons. The van der Waals surface area contributed by atoms with Gasteiger partial charge in [0.25, 0.3) is 0 Å². The maximum Gasteiger partial charge on any atom is 0.0587 e. The lowest BCUT2D eigenvalue weighted by Crippen LogP contribution is -2.18. The Morgan fingerprint density at radius 3 is 3.05 bits per heavy atom. The molecule has 100 valence electrons. The molecule has 0 aliphatic rings. The van der Waals surface area contributed by atoms with Crippen LogP contribution >= 0.6 is 0 Å². The second-order valence-corrected chi connectivity index (χ2v) is 4.53. The first-order valence-corrected chi connectivity index (χ1v) is 6.56. The topological polar surface area (TPSA) is 26.2 Å². The van der Waals surface area contributed by atoms with Gasteiger partial charge in [0.05, 0.1) is 6.61 Å². The van der Waals surface area contributed by atoms with Gasteiger partial charge in [-0.15, -0.1) is 12.3 Å². The average molecular weight is 256 g/mol. The monoisotopic (exact) mass is 256 g/mol. The predicted molar refractivity (Wildman–Crippen MR) is 79.0 cm³/mol. The fourth-order valence-corrected chi connectivity index (χ4v) is 2.15. The summed E-state index contributed by atoms with van der Waals surface area (Å²) in [5, 5.41) is 4.62. The van der Waals surface area contributed by atoms with Crippen LogP contribution in [0, 0.1) is 12.3 Å². The molecule has 0 aliphatic carbocycles. The van der Waals surface area contributed by atoms with Crippen molar-refractivity contribution in [2.75, 3.05) is 20.3 Å². The smallest absolute Gasteiger partial charge is 0.0587 e. The normalized spacial score (nSPS) is 10.7. The molecular weight excluding hydrogens is 236 g/mol. The van der Waals surface area contributed by atoms with Crippen molar-refractivity contribution in [1.29, 1.82) is 0 Å². The van der Waals surface area contributed by atoms with Crippen LogP contribution in [-0.2, 0) is 17.8 Å². The van der Waals surface area contributed by atoms with Crippen LogP contribution in [-0.4, -0.2) is 24.8 Å². The van der Waals surface area contributed by atoms with Gasteiger partial charge in [-0.05, 0) is 29.1 Å². The van der Waals surface area contributed by atoms with Crippen molar-refractivity contribution in [3.05, 3.63) is 36.0 Å². The number of rotatable bonds is 7. The number of terminal acetylenes is 1. The van der Waals surface area contributed by atoms with Crippen LogP contribution in [0.3, 0.4) is 0 Å². The summed E-state index contributed by atoms with van der Waals surface area (Å²) in [7, 11) is 1.71. The Hall–Kier alpha value is -1.76. The van der Waals surface area contributed by atoms with Crippen molar-refractivity contribution in [1.82, 2.24) is 9.88 Å². The van der Waals surface area contributed by atoms with Gasteiger partial charge in [-0.3, -0.25) is 0 Å². The number of benzene rings is 1. The Labute approximate surface area is 114 Å². The summed E-state index contributed by atoms with van der Waals surface area (Å²) in [5.74, 6) is 2.68. The van der Waals surface area contributed by atoms with E-state index in [1.54, 1.807) is 7.11 Å². The molecule has 1 aromatic heterocycles. The minimum Gasteiger partial charge on any atom is -0.383 e. The van der Waals surface area contributed by atoms with E-state index >= 15 is 0 Å². The van der Waals surface area contributed by atoms with E-state index in [1.165, 1.54) is 16.5 Å². The fraction of sp³-hybridized carbons (Fsp3) is 0.375. The molecule has 1 aromatic carbocycles. The average Bonchev–Trinajstić information content (AvgIpc) is 2.84. The van der Waals surface area contributed by atoms with E-state index in [-0.39, 0.29) is 0 Å². The van der Waals surface area contributed by atoms with Crippen LogP contribution in [0.15, 0.2) is 30.5 Å². The summed E-state index contributed by atoms with van der Waals surface area (Å²) in [6, 6.07) is 8.69. The molecule has 0 fully saturated rings. The Bertz CT molecular complexity index is 566. The first kappa shape index (κ1) is 13.7. The van der Waals surface area contributed by atoms with Crippen LogP contribution in [0.4, 0.5) is 0 Å². The van der Waals surface area contributed by atoms with E-state index in [0.717, 1.165) is 32.7 Å². The highest BCUT2D eigenvalue weighted by atomic mass is 16.5. The van der Waals surface area contributed by atoms with Gasteiger partial charge in [0, 0.05) is 44.9 Å². The Morgan fingerprint density at radius 2 is 2.26 bits per heavy atom. The van der Waals surface area contributed by atoms with E-state index in [1.807, 2.05) is 0 Å². The second-order valence-electron chi connectivity index (χ2n) is 4.53. The SMILES string of the molecule is C#CCCn1ccc2cc(CNCCOC)ccc21. The molecule has 2 rings (SSSR count). The Kier molecular flexibility index (Phi) is 5.02. The largest absolute Gasteiger partial charge is 0.383 e. The molecule has 0 saturated carbocycles. The van der Waals surface area contributed by atoms with Gasteiger partial charge in [-0.2, -0.15) is 0 Å². The lowest BCUT2D eigenvalue weighted by Gasteiger charge is -2.06. The molecule has 0 unspecified atom stereocenters. The number of nitrogens with one attached hydrogen (secondary N) is 1. The molecule has 0 atom stereocenters. The Morgan fingerprint density at radius 1 is 1.37 bits per heavy atom. The van der Waals surface area contributed by atoms with E-state index in [0.29, 0.717) is 0 Å². The van der Waals surface area contributed by atoms with Crippen molar-refractivity contribution in [3.8, 4) is 12.3 Å². The first-order valence-electron chi connectivity index (χ1n) is 6.56. The number of ether oxygens (including phenoxy) is 1. The number of hydrogen-bond donors (Lipinski definition) is 1. The van der Waals surface area contributed by atoms with Gasteiger partial charge in [0.1, 0.15) is 0 Å². The quantitative estimate of drug-likeness (QED) is 0.608. The van der Waals surface area contributed by atoms with Crippen LogP contribution in [0.25, 0.3) is 10.9 Å². The molecule has 0 amide bonds. The summed E-state index contributed by atoms with van der Waals surface area (Å²) >= 11 is 0. The summed E-state index contributed by atoms with van der Waals surface area (Å²) in [5.41, 5.74) is 2.54. The van der Waals surface area contributed by atoms with E-state index in [9.17, 15) is 0 Å². The van der Waals surface area contributed by atoms with Gasteiger partial charge in [0.15, 0.2) is 0 Å². The Balaban J connectivity index is 2.03. The van der Waals surface area contributed by atoms with Gasteiger partial charge in [-0.1, -0.05) is 6.07 Å². The minimum atomic E-state index is 0.741. The van der Waals surface area contributed by atoms with Gasteiger partial charge in [0.2, 0.25) is 0 Å². The standard InChI is InChI=1S/C16H20N2O/c1-3-4-9-18-10-7-15-12-14(5-6-16(15)18)13-17-8-11-19-2/h1,5-7,10,12,17H,4,8-9,11,13H2,2H3. The number of aryl methyl sites for hydroxylation is 1. The molecule has 3 heteroatoms. The zero-order valence-corrected chi connectivity index (χ0v) is 11.4. The van der Waals surface area contributed by atoms with E-state index in [2.05, 4.69) is 46.3 Å². The molecule has 2 aromatic rings. The number of nitrogens with zero attached hydrogens (tertiary/aromatic N) is 1. The number of hydrogen-bond acceptors (Lipinski definition) is 2. The van der Waals surface area contributed by atoms with Crippen LogP contribution in [0.2, 0.25) is 0 Å². The molecule has 0 bridgehead atoms. The van der Waals surface area contributed by atoms with Crippen molar-refractivity contribution in [3.63, 3.8) is 0 Å². The van der Waals surface area contributed by atoms with Gasteiger partial charge < -0.3 is 14.6 Å². The van der Waals surface area contributed by atoms with E-state index < -0.39 is 0 Å². The zero-order valence-electron chi connectivity index (χ0n) is 11.4. The van der Waals surface area contributed by atoms with Crippen LogP contribution in [0.5, 0.6) is 0 Å². The van der Waals surface area contributed by atoms with Gasteiger partial charge >= 0.3 is 0 Å². The summed E-state index contributed by atoms with van der Waals surface area (Å²) in [4.78, 5) is 0. The molecule has 0 spiro atoms. The maximum atomic E-state index is 5.31. The highest BCUT2D eigenvalue weighted by Crippen LogP contribution is 2.18. The zero-order chi connectivity index (χ0) is 13.5. The number of fused-ring (bicyclic) bond motifs is 1. The van der Waals surface area contributed by atoms with Crippen molar-refractivity contribution in [2.24, 2.45) is 0 Å². The third-order valence-corrected chi connectivity index (χ3v) is 3.14. The predicted octanol–water partition coefficient (Wildman–Crippen LogP) is 2.40. The molecular formula is C16H20N2O. The highest BCUT2D eigenvalue weighted by Gasteiger charge is 2.01. The van der Waals surface area contributed by atoms with Crippen molar-refractivity contribution < 1.29 is 4.74 Å². The van der Waals surface area contributed by atoms with Crippen LogP contribution < -0.4 is 5.32 Å². The van der Waals surface area contributed by atoms with Crippen LogP contribution in [0.1, 0.15) is 12.0 Å². The fourth-order valence-electron chi connectivity index (χ4n) is 2.15. The summed E-state index contributed by atoms with van der Waals surface area (Å²) in [6.07, 6.45) is 8.18. The highest BCUT2D eigenvalue weighted by molar-refractivity contribution is 5.80. The minimum absolute atomic E-state index is 0.741. The lowest BCUT2D eigenvalue weighted by molar-refractivity contribution is 0.199. The maximum absolute atomic E-state index is 5.31. The van der Waals surface area contributed by atoms with Gasteiger partial charge in [-0.25, -0.2) is 0 Å². The summed E-state index contributed by atoms with van der Waals surface area (Å²) in [6.45, 7) is 3.36.